The summed E-state index contributed by atoms with van der Waals surface area (Å²) < 4.78 is 43.0. The molecule has 0 saturated heterocycles. The molecular formula is C66H48N4O2P2. The maximum absolute atomic E-state index is 17.4. The lowest BCUT2D eigenvalue weighted by atomic mass is 9.93. The fraction of sp³-hybridized carbons (Fsp3) is 0. The molecule has 13 rings (SSSR count). The fourth-order valence-corrected chi connectivity index (χ4v) is 16.7. The highest BCUT2D eigenvalue weighted by Crippen LogP contribution is 2.73. The zero-order valence-corrected chi connectivity index (χ0v) is 42.0. The lowest BCUT2D eigenvalue weighted by Crippen LogP contribution is -2.29. The zero-order valence-electron chi connectivity index (χ0n) is 40.2. The summed E-state index contributed by atoms with van der Waals surface area (Å²) in [5.74, 6) is 0. The molecule has 2 heterocycles. The van der Waals surface area contributed by atoms with Gasteiger partial charge in [0.1, 0.15) is 0 Å². The van der Waals surface area contributed by atoms with Crippen LogP contribution in [0.25, 0.3) is 44.5 Å². The monoisotopic (exact) mass is 990 g/mol. The van der Waals surface area contributed by atoms with E-state index in [1.807, 2.05) is 189 Å². The first-order chi connectivity index (χ1) is 36.5. The van der Waals surface area contributed by atoms with Crippen molar-refractivity contribution in [1.29, 1.82) is 0 Å². The third-order valence-electron chi connectivity index (χ3n) is 14.1. The van der Waals surface area contributed by atoms with Gasteiger partial charge in [0, 0.05) is 22.7 Å². The average molecular weight is 991 g/mol. The number of hydrogen-bond donors (Lipinski definition) is 0. The van der Waals surface area contributed by atoms with Crippen molar-refractivity contribution in [2.24, 2.45) is 0 Å². The van der Waals surface area contributed by atoms with Crippen LogP contribution < -0.4 is 29.3 Å². The van der Waals surface area contributed by atoms with Gasteiger partial charge in [-0.3, -0.25) is 27.8 Å². The molecule has 0 unspecified atom stereocenters. The summed E-state index contributed by atoms with van der Waals surface area (Å²) in [6.45, 7) is 0. The number of benzene rings is 11. The Morgan fingerprint density at radius 1 is 0.216 bits per heavy atom. The van der Waals surface area contributed by atoms with Gasteiger partial charge in [0.2, 0.25) is 0 Å². The number of para-hydroxylation sites is 4. The summed E-state index contributed by atoms with van der Waals surface area (Å²) >= 11 is 0. The first-order valence-electron chi connectivity index (χ1n) is 24.8. The number of hydrogen-bond acceptors (Lipinski definition) is 2. The van der Waals surface area contributed by atoms with E-state index in [1.54, 1.807) is 0 Å². The molecule has 0 aromatic heterocycles. The van der Waals surface area contributed by atoms with Crippen LogP contribution in [0.5, 0.6) is 0 Å². The maximum atomic E-state index is 17.4. The van der Waals surface area contributed by atoms with Crippen LogP contribution in [0.3, 0.4) is 0 Å². The van der Waals surface area contributed by atoms with Gasteiger partial charge in [-0.05, 0) is 142 Å². The molecule has 354 valence electrons. The number of nitrogens with zero attached hydrogens (tertiary/aromatic N) is 4. The first-order valence-corrected chi connectivity index (χ1v) is 28.0. The van der Waals surface area contributed by atoms with Crippen LogP contribution in [-0.4, -0.2) is 0 Å². The molecule has 0 saturated carbocycles. The van der Waals surface area contributed by atoms with Gasteiger partial charge in [-0.2, -0.15) is 0 Å². The van der Waals surface area contributed by atoms with Gasteiger partial charge in [-0.15, -0.1) is 0 Å². The van der Waals surface area contributed by atoms with Gasteiger partial charge in [0.25, 0.3) is 0 Å². The molecule has 74 heavy (non-hydrogen) atoms. The molecule has 0 amide bonds. The van der Waals surface area contributed by atoms with Crippen molar-refractivity contribution >= 4 is 71.0 Å². The molecule has 2 aliphatic rings. The summed E-state index contributed by atoms with van der Waals surface area (Å²) in [5.41, 5.74) is 14.8. The Labute approximate surface area is 432 Å². The Bertz CT molecular complexity index is 3410. The maximum Gasteiger partial charge on any atom is 0.301 e. The normalized spacial score (nSPS) is 14.2. The zero-order chi connectivity index (χ0) is 49.6. The van der Waals surface area contributed by atoms with E-state index in [1.165, 1.54) is 0 Å². The average Bonchev–Trinajstić information content (AvgIpc) is 3.92. The lowest BCUT2D eigenvalue weighted by molar-refractivity contribution is 0.581. The molecule has 0 spiro atoms. The van der Waals surface area contributed by atoms with Crippen molar-refractivity contribution in [1.82, 2.24) is 0 Å². The molecule has 0 radical (unpaired) electrons. The van der Waals surface area contributed by atoms with E-state index in [2.05, 4.69) is 121 Å². The smallest absolute Gasteiger partial charge is 0.270 e. The van der Waals surface area contributed by atoms with Gasteiger partial charge in [0.15, 0.2) is 0 Å². The Morgan fingerprint density at radius 2 is 0.392 bits per heavy atom. The molecule has 0 atom stereocenters. The highest BCUT2D eigenvalue weighted by atomic mass is 31.2. The van der Waals surface area contributed by atoms with E-state index in [9.17, 15) is 0 Å². The van der Waals surface area contributed by atoms with Gasteiger partial charge in [0.05, 0.1) is 33.4 Å². The molecule has 6 nitrogen and oxygen atoms in total. The van der Waals surface area contributed by atoms with Crippen LogP contribution in [-0.2, 0) is 9.13 Å². The van der Waals surface area contributed by atoms with Crippen molar-refractivity contribution in [3.63, 3.8) is 0 Å². The minimum Gasteiger partial charge on any atom is -0.270 e. The molecule has 0 aliphatic carbocycles. The Morgan fingerprint density at radius 3 is 0.581 bits per heavy atom. The predicted molar refractivity (Wildman–Crippen MR) is 310 cm³/mol. The Kier molecular flexibility index (Phi) is 11.3. The van der Waals surface area contributed by atoms with Crippen LogP contribution >= 0.6 is 14.9 Å². The molecule has 8 heteroatoms. The van der Waals surface area contributed by atoms with Gasteiger partial charge >= 0.3 is 14.9 Å². The summed E-state index contributed by atoms with van der Waals surface area (Å²) in [5, 5.41) is 1.18. The minimum atomic E-state index is -3.90. The number of fused-ring (bicyclic) bond motifs is 2. The second-order valence-electron chi connectivity index (χ2n) is 18.4. The lowest BCUT2D eigenvalue weighted by Gasteiger charge is -2.35. The highest BCUT2D eigenvalue weighted by Gasteiger charge is 2.52. The molecule has 11 aromatic carbocycles. The molecule has 0 bridgehead atoms. The van der Waals surface area contributed by atoms with Crippen LogP contribution in [0.2, 0.25) is 0 Å². The summed E-state index contributed by atoms with van der Waals surface area (Å²) in [4.78, 5) is 0. The van der Waals surface area contributed by atoms with Crippen LogP contribution in [0.4, 0.5) is 45.5 Å². The SMILES string of the molecule is O=P1(c2ccc(P3(=O)N(c4ccccc4)c4cc(-c5ccccc5)c(-c5ccccc5)cc4N3c3ccccc3)cc2)N(c2ccccc2)c2cc(-c3ccccc3)c(-c3ccccc3)cc2N1c1ccccc1. The van der Waals surface area contributed by atoms with Crippen LogP contribution in [0.1, 0.15) is 0 Å². The third kappa shape index (κ3) is 7.41. The standard InChI is InChI=1S/C66H48N4O2P2/c71-73(67(53-33-17-5-18-34-53)63-45-59(49-25-9-1-10-26-49)60(50-27-11-2-12-28-50)46-64(63)68(73)54-35-19-6-20-36-54)57-41-43-58(44-42-57)74(72)69(55-37-21-7-22-38-55)65-47-61(51-29-13-3-14-30-51)62(52-31-15-4-16-32-52)48-66(65)70(74)56-39-23-8-24-40-56/h1-48H. The summed E-state index contributed by atoms with van der Waals surface area (Å²) in [6, 6.07) is 98.5. The molecule has 0 fully saturated rings. The van der Waals surface area contributed by atoms with Crippen molar-refractivity contribution < 1.29 is 9.13 Å². The third-order valence-corrected chi connectivity index (χ3v) is 20.0. The molecular weight excluding hydrogens is 943 g/mol. The predicted octanol–water partition coefficient (Wildman–Crippen LogP) is 18.0. The second-order valence-corrected chi connectivity index (χ2v) is 23.2. The molecule has 11 aromatic rings. The van der Waals surface area contributed by atoms with Crippen molar-refractivity contribution in [3.05, 3.63) is 291 Å². The van der Waals surface area contributed by atoms with E-state index in [0.717, 1.165) is 90.0 Å². The van der Waals surface area contributed by atoms with E-state index < -0.39 is 14.9 Å². The van der Waals surface area contributed by atoms with Gasteiger partial charge in [-0.25, -0.2) is 0 Å². The topological polar surface area (TPSA) is 47.1 Å². The number of rotatable bonds is 10. The largest absolute Gasteiger partial charge is 0.301 e. The molecule has 0 N–H and O–H groups in total. The summed E-state index contributed by atoms with van der Waals surface area (Å²) in [6.07, 6.45) is 0. The highest BCUT2D eigenvalue weighted by molar-refractivity contribution is 7.76. The second kappa shape index (κ2) is 18.6. The van der Waals surface area contributed by atoms with E-state index in [0.29, 0.717) is 10.6 Å². The van der Waals surface area contributed by atoms with Gasteiger partial charge < -0.3 is 0 Å². The number of anilines is 8. The summed E-state index contributed by atoms with van der Waals surface area (Å²) in [7, 11) is -7.80. The Balaban J connectivity index is 1.04. The quantitative estimate of drug-likeness (QED) is 0.127. The molecule has 2 aliphatic heterocycles. The van der Waals surface area contributed by atoms with Crippen molar-refractivity contribution in [2.75, 3.05) is 18.7 Å². The first kappa shape index (κ1) is 45.0. The van der Waals surface area contributed by atoms with Crippen LogP contribution in [0.15, 0.2) is 291 Å². The van der Waals surface area contributed by atoms with E-state index >= 15 is 9.13 Å². The van der Waals surface area contributed by atoms with E-state index in [4.69, 9.17) is 0 Å². The minimum absolute atomic E-state index is 0.589. The van der Waals surface area contributed by atoms with Crippen molar-refractivity contribution in [3.8, 4) is 44.5 Å². The Hall–Kier alpha value is -8.92. The van der Waals surface area contributed by atoms with Crippen LogP contribution in [0, 0.1) is 0 Å². The van der Waals surface area contributed by atoms with E-state index in [-0.39, 0.29) is 0 Å². The fourth-order valence-electron chi connectivity index (χ4n) is 10.8. The van der Waals surface area contributed by atoms with Gasteiger partial charge in [-0.1, -0.05) is 194 Å². The van der Waals surface area contributed by atoms with Crippen molar-refractivity contribution in [2.45, 2.75) is 0 Å².